The van der Waals surface area contributed by atoms with Crippen molar-refractivity contribution in [1.29, 1.82) is 0 Å². The number of ether oxygens (including phenoxy) is 1. The van der Waals surface area contributed by atoms with Crippen molar-refractivity contribution in [3.05, 3.63) is 24.3 Å². The number of nitrogens with zero attached hydrogens (tertiary/aromatic N) is 1. The van der Waals surface area contributed by atoms with Gasteiger partial charge in [-0.3, -0.25) is 9.69 Å². The molecular formula is C15H21N3O3. The van der Waals surface area contributed by atoms with Crippen molar-refractivity contribution in [2.45, 2.75) is 19.8 Å². The van der Waals surface area contributed by atoms with E-state index in [0.29, 0.717) is 32.7 Å². The maximum atomic E-state index is 11.7. The molecule has 2 rings (SSSR count). The summed E-state index contributed by atoms with van der Waals surface area (Å²) < 4.78 is 5.28. The fourth-order valence-electron chi connectivity index (χ4n) is 2.08. The SMILES string of the molecule is CCCOCCC(=O)Nc1ccc(N2CCNC2=O)cc1. The highest BCUT2D eigenvalue weighted by molar-refractivity contribution is 5.95. The predicted octanol–water partition coefficient (Wildman–Crippen LogP) is 1.97. The van der Waals surface area contributed by atoms with Gasteiger partial charge in [0, 0.05) is 31.1 Å². The van der Waals surface area contributed by atoms with E-state index in [-0.39, 0.29) is 11.9 Å². The summed E-state index contributed by atoms with van der Waals surface area (Å²) in [4.78, 5) is 24.9. The Hall–Kier alpha value is -2.08. The highest BCUT2D eigenvalue weighted by Crippen LogP contribution is 2.19. The molecule has 0 radical (unpaired) electrons. The number of nitrogens with one attached hydrogen (secondary N) is 2. The lowest BCUT2D eigenvalue weighted by molar-refractivity contribution is -0.117. The summed E-state index contributed by atoms with van der Waals surface area (Å²) >= 11 is 0. The first-order chi connectivity index (χ1) is 10.2. The molecule has 0 atom stereocenters. The summed E-state index contributed by atoms with van der Waals surface area (Å²) in [5.41, 5.74) is 1.55. The molecule has 0 saturated carbocycles. The number of rotatable bonds is 7. The average molecular weight is 291 g/mol. The van der Waals surface area contributed by atoms with Crippen molar-refractivity contribution in [1.82, 2.24) is 5.32 Å². The van der Waals surface area contributed by atoms with Gasteiger partial charge in [-0.15, -0.1) is 0 Å². The summed E-state index contributed by atoms with van der Waals surface area (Å²) in [7, 11) is 0. The predicted molar refractivity (Wildman–Crippen MR) is 81.5 cm³/mol. The number of hydrogen-bond donors (Lipinski definition) is 2. The van der Waals surface area contributed by atoms with E-state index in [9.17, 15) is 9.59 Å². The van der Waals surface area contributed by atoms with Crippen molar-refractivity contribution >= 4 is 23.3 Å². The zero-order valence-electron chi connectivity index (χ0n) is 12.2. The van der Waals surface area contributed by atoms with Crippen LogP contribution in [0.4, 0.5) is 16.2 Å². The number of anilines is 2. The largest absolute Gasteiger partial charge is 0.381 e. The third kappa shape index (κ3) is 4.46. The Morgan fingerprint density at radius 1 is 1.33 bits per heavy atom. The molecule has 0 spiro atoms. The molecule has 0 unspecified atom stereocenters. The van der Waals surface area contributed by atoms with Gasteiger partial charge in [-0.05, 0) is 30.7 Å². The second kappa shape index (κ2) is 7.64. The van der Waals surface area contributed by atoms with E-state index in [4.69, 9.17) is 4.74 Å². The second-order valence-electron chi connectivity index (χ2n) is 4.84. The molecule has 1 heterocycles. The van der Waals surface area contributed by atoms with Crippen molar-refractivity contribution < 1.29 is 14.3 Å². The minimum Gasteiger partial charge on any atom is -0.381 e. The standard InChI is InChI=1S/C15H21N3O3/c1-2-10-21-11-7-14(19)17-12-3-5-13(6-4-12)18-9-8-16-15(18)20/h3-6H,2,7-11H2,1H3,(H,16,20)(H,17,19). The van der Waals surface area contributed by atoms with Gasteiger partial charge in [-0.25, -0.2) is 4.79 Å². The van der Waals surface area contributed by atoms with Gasteiger partial charge in [0.1, 0.15) is 0 Å². The molecule has 2 N–H and O–H groups in total. The van der Waals surface area contributed by atoms with Gasteiger partial charge in [0.15, 0.2) is 0 Å². The van der Waals surface area contributed by atoms with Crippen LogP contribution >= 0.6 is 0 Å². The summed E-state index contributed by atoms with van der Waals surface area (Å²) in [6.45, 7) is 4.47. The summed E-state index contributed by atoms with van der Waals surface area (Å²) in [6, 6.07) is 7.17. The quantitative estimate of drug-likeness (QED) is 0.755. The molecule has 1 aliphatic heterocycles. The van der Waals surface area contributed by atoms with Crippen LogP contribution in [0.5, 0.6) is 0 Å². The fourth-order valence-corrected chi connectivity index (χ4v) is 2.08. The van der Waals surface area contributed by atoms with Crippen LogP contribution in [0.3, 0.4) is 0 Å². The van der Waals surface area contributed by atoms with Gasteiger partial charge < -0.3 is 15.4 Å². The minimum absolute atomic E-state index is 0.0715. The third-order valence-electron chi connectivity index (χ3n) is 3.14. The Labute approximate surface area is 124 Å². The molecule has 1 fully saturated rings. The van der Waals surface area contributed by atoms with E-state index in [1.54, 1.807) is 17.0 Å². The first-order valence-corrected chi connectivity index (χ1v) is 7.23. The first kappa shape index (κ1) is 15.3. The number of amides is 3. The van der Waals surface area contributed by atoms with Gasteiger partial charge in [-0.1, -0.05) is 6.92 Å². The molecule has 1 saturated heterocycles. The lowest BCUT2D eigenvalue weighted by Gasteiger charge is -2.14. The molecule has 0 aliphatic carbocycles. The number of urea groups is 1. The number of hydrogen-bond acceptors (Lipinski definition) is 3. The van der Waals surface area contributed by atoms with Crippen LogP contribution in [-0.4, -0.2) is 38.2 Å². The maximum Gasteiger partial charge on any atom is 0.321 e. The summed E-state index contributed by atoms with van der Waals surface area (Å²) in [5.74, 6) is -0.0715. The average Bonchev–Trinajstić information content (AvgIpc) is 2.91. The van der Waals surface area contributed by atoms with Gasteiger partial charge in [0.2, 0.25) is 5.91 Å². The first-order valence-electron chi connectivity index (χ1n) is 7.23. The Morgan fingerprint density at radius 3 is 2.71 bits per heavy atom. The fraction of sp³-hybridized carbons (Fsp3) is 0.467. The van der Waals surface area contributed by atoms with E-state index in [1.165, 1.54) is 0 Å². The highest BCUT2D eigenvalue weighted by Gasteiger charge is 2.20. The van der Waals surface area contributed by atoms with Gasteiger partial charge >= 0.3 is 6.03 Å². The lowest BCUT2D eigenvalue weighted by Crippen LogP contribution is -2.27. The summed E-state index contributed by atoms with van der Waals surface area (Å²) in [6.07, 6.45) is 1.30. The van der Waals surface area contributed by atoms with Crippen LogP contribution in [0.25, 0.3) is 0 Å². The normalized spacial score (nSPS) is 14.1. The van der Waals surface area contributed by atoms with Crippen molar-refractivity contribution in [2.24, 2.45) is 0 Å². The molecule has 114 valence electrons. The molecule has 6 nitrogen and oxygen atoms in total. The maximum absolute atomic E-state index is 11.7. The molecule has 1 aromatic carbocycles. The Bertz CT molecular complexity index is 487. The van der Waals surface area contributed by atoms with Crippen LogP contribution in [0.2, 0.25) is 0 Å². The third-order valence-corrected chi connectivity index (χ3v) is 3.14. The van der Waals surface area contributed by atoms with E-state index in [1.807, 2.05) is 19.1 Å². The molecule has 6 heteroatoms. The number of benzene rings is 1. The molecule has 0 bridgehead atoms. The van der Waals surface area contributed by atoms with Crippen LogP contribution < -0.4 is 15.5 Å². The summed E-state index contributed by atoms with van der Waals surface area (Å²) in [5, 5.41) is 5.56. The van der Waals surface area contributed by atoms with Crippen molar-refractivity contribution in [3.8, 4) is 0 Å². The number of carbonyl (C=O) groups is 2. The van der Waals surface area contributed by atoms with Crippen molar-refractivity contribution in [3.63, 3.8) is 0 Å². The molecule has 1 aromatic rings. The van der Waals surface area contributed by atoms with Crippen LogP contribution in [0.1, 0.15) is 19.8 Å². The topological polar surface area (TPSA) is 70.7 Å². The van der Waals surface area contributed by atoms with Crippen LogP contribution in [-0.2, 0) is 9.53 Å². The van der Waals surface area contributed by atoms with Gasteiger partial charge in [0.25, 0.3) is 0 Å². The number of carbonyl (C=O) groups excluding carboxylic acids is 2. The molecule has 1 aliphatic rings. The second-order valence-corrected chi connectivity index (χ2v) is 4.84. The van der Waals surface area contributed by atoms with Crippen LogP contribution in [0.15, 0.2) is 24.3 Å². The highest BCUT2D eigenvalue weighted by atomic mass is 16.5. The zero-order valence-corrected chi connectivity index (χ0v) is 12.2. The smallest absolute Gasteiger partial charge is 0.321 e. The minimum atomic E-state index is -0.0835. The Morgan fingerprint density at radius 2 is 2.10 bits per heavy atom. The van der Waals surface area contributed by atoms with Crippen LogP contribution in [0, 0.1) is 0 Å². The zero-order chi connectivity index (χ0) is 15.1. The monoisotopic (exact) mass is 291 g/mol. The lowest BCUT2D eigenvalue weighted by atomic mass is 10.2. The molecule has 0 aromatic heterocycles. The molecular weight excluding hydrogens is 270 g/mol. The molecule has 3 amide bonds. The van der Waals surface area contributed by atoms with E-state index >= 15 is 0 Å². The molecule has 21 heavy (non-hydrogen) atoms. The van der Waals surface area contributed by atoms with Gasteiger partial charge in [-0.2, -0.15) is 0 Å². The Kier molecular flexibility index (Phi) is 5.57. The van der Waals surface area contributed by atoms with E-state index in [2.05, 4.69) is 10.6 Å². The Balaban J connectivity index is 1.82. The van der Waals surface area contributed by atoms with E-state index in [0.717, 1.165) is 17.8 Å². The van der Waals surface area contributed by atoms with Crippen molar-refractivity contribution in [2.75, 3.05) is 36.5 Å². The van der Waals surface area contributed by atoms with Gasteiger partial charge in [0.05, 0.1) is 13.0 Å². The van der Waals surface area contributed by atoms with E-state index < -0.39 is 0 Å².